The molecule has 150 valence electrons. The summed E-state index contributed by atoms with van der Waals surface area (Å²) in [5, 5.41) is 2.40. The highest BCUT2D eigenvalue weighted by molar-refractivity contribution is 5.90. The maximum absolute atomic E-state index is 13.1. The molecule has 1 fully saturated rings. The first kappa shape index (κ1) is 19.9. The molecule has 0 atom stereocenters. The number of amides is 2. The molecule has 0 radical (unpaired) electrons. The lowest BCUT2D eigenvalue weighted by Gasteiger charge is -2.36. The van der Waals surface area contributed by atoms with Gasteiger partial charge in [-0.25, -0.2) is 4.79 Å². The Morgan fingerprint density at radius 2 is 1.68 bits per heavy atom. The number of rotatable bonds is 4. The number of para-hydroxylation sites is 3. The quantitative estimate of drug-likeness (QED) is 0.834. The highest BCUT2D eigenvalue weighted by Crippen LogP contribution is 2.35. The summed E-state index contributed by atoms with van der Waals surface area (Å²) in [4.78, 5) is 16.1. The molecule has 5 nitrogen and oxygen atoms in total. The summed E-state index contributed by atoms with van der Waals surface area (Å²) in [6, 6.07) is 12.1. The van der Waals surface area contributed by atoms with E-state index in [0.29, 0.717) is 32.8 Å². The summed E-state index contributed by atoms with van der Waals surface area (Å²) < 4.78 is 44.9. The molecule has 1 aliphatic heterocycles. The minimum atomic E-state index is -4.52. The number of ether oxygens (including phenoxy) is 1. The Kier molecular flexibility index (Phi) is 5.96. The molecule has 28 heavy (non-hydrogen) atoms. The van der Waals surface area contributed by atoms with Crippen molar-refractivity contribution in [2.75, 3.05) is 43.0 Å². The van der Waals surface area contributed by atoms with Gasteiger partial charge in [0.25, 0.3) is 0 Å². The van der Waals surface area contributed by atoms with Gasteiger partial charge in [-0.2, -0.15) is 13.2 Å². The van der Waals surface area contributed by atoms with Gasteiger partial charge in [0.05, 0.1) is 23.5 Å². The second-order valence-electron chi connectivity index (χ2n) is 6.35. The molecule has 0 bridgehead atoms. The third-order valence-electron chi connectivity index (χ3n) is 4.55. The molecule has 1 aliphatic rings. The zero-order valence-electron chi connectivity index (χ0n) is 15.5. The molecule has 1 N–H and O–H groups in total. The average molecular weight is 393 g/mol. The lowest BCUT2D eigenvalue weighted by Crippen LogP contribution is -2.50. The number of piperazine rings is 1. The zero-order valence-corrected chi connectivity index (χ0v) is 15.5. The monoisotopic (exact) mass is 393 g/mol. The number of hydrogen-bond donors (Lipinski definition) is 1. The fourth-order valence-electron chi connectivity index (χ4n) is 3.18. The lowest BCUT2D eigenvalue weighted by atomic mass is 10.1. The molecule has 3 rings (SSSR count). The lowest BCUT2D eigenvalue weighted by molar-refractivity contribution is -0.136. The number of nitrogens with zero attached hydrogens (tertiary/aromatic N) is 2. The van der Waals surface area contributed by atoms with Crippen LogP contribution >= 0.6 is 0 Å². The van der Waals surface area contributed by atoms with Gasteiger partial charge < -0.3 is 19.9 Å². The Hall–Kier alpha value is -2.90. The van der Waals surface area contributed by atoms with Gasteiger partial charge in [-0.05, 0) is 31.2 Å². The zero-order chi connectivity index (χ0) is 20.1. The van der Waals surface area contributed by atoms with Gasteiger partial charge >= 0.3 is 12.2 Å². The van der Waals surface area contributed by atoms with Crippen molar-refractivity contribution >= 4 is 17.4 Å². The second-order valence-corrected chi connectivity index (χ2v) is 6.35. The van der Waals surface area contributed by atoms with Crippen molar-refractivity contribution in [1.29, 1.82) is 0 Å². The topological polar surface area (TPSA) is 44.8 Å². The van der Waals surface area contributed by atoms with Gasteiger partial charge in [-0.1, -0.05) is 24.3 Å². The highest BCUT2D eigenvalue weighted by Gasteiger charge is 2.34. The number of carbonyl (C=O) groups excluding carboxylic acids is 1. The number of alkyl halides is 3. The number of urea groups is 1. The molecule has 0 unspecified atom stereocenters. The SMILES string of the molecule is CCOc1ccccc1N1CCN(C(=O)Nc2ccccc2C(F)(F)F)CC1. The van der Waals surface area contributed by atoms with Crippen LogP contribution in [-0.2, 0) is 6.18 Å². The van der Waals surface area contributed by atoms with E-state index in [2.05, 4.69) is 10.2 Å². The van der Waals surface area contributed by atoms with Gasteiger partial charge in [0.15, 0.2) is 0 Å². The van der Waals surface area contributed by atoms with Gasteiger partial charge in [-0.3, -0.25) is 0 Å². The van der Waals surface area contributed by atoms with Crippen molar-refractivity contribution in [2.24, 2.45) is 0 Å². The maximum Gasteiger partial charge on any atom is 0.418 e. The second kappa shape index (κ2) is 8.41. The molecule has 0 aromatic heterocycles. The molecule has 2 aromatic rings. The van der Waals surface area contributed by atoms with E-state index in [1.165, 1.54) is 23.1 Å². The Balaban J connectivity index is 1.64. The van der Waals surface area contributed by atoms with Crippen LogP contribution in [0.1, 0.15) is 12.5 Å². The first-order valence-electron chi connectivity index (χ1n) is 9.09. The highest BCUT2D eigenvalue weighted by atomic mass is 19.4. The number of nitrogens with one attached hydrogen (secondary N) is 1. The predicted molar refractivity (Wildman–Crippen MR) is 102 cm³/mol. The van der Waals surface area contributed by atoms with E-state index < -0.39 is 17.8 Å². The Labute approximate surface area is 161 Å². The third kappa shape index (κ3) is 4.49. The number of carbonyl (C=O) groups is 1. The van der Waals surface area contributed by atoms with E-state index in [1.807, 2.05) is 31.2 Å². The van der Waals surface area contributed by atoms with E-state index in [9.17, 15) is 18.0 Å². The average Bonchev–Trinajstić information content (AvgIpc) is 2.68. The largest absolute Gasteiger partial charge is 0.492 e. The predicted octanol–water partition coefficient (Wildman–Crippen LogP) is 4.46. The van der Waals surface area contributed by atoms with Crippen molar-refractivity contribution < 1.29 is 22.7 Å². The summed E-state index contributed by atoms with van der Waals surface area (Å²) >= 11 is 0. The van der Waals surface area contributed by atoms with Crippen molar-refractivity contribution in [3.63, 3.8) is 0 Å². The van der Waals surface area contributed by atoms with E-state index in [1.54, 1.807) is 0 Å². The van der Waals surface area contributed by atoms with Crippen LogP contribution < -0.4 is 15.0 Å². The van der Waals surface area contributed by atoms with E-state index in [4.69, 9.17) is 4.74 Å². The van der Waals surface area contributed by atoms with E-state index in [-0.39, 0.29) is 5.69 Å². The molecule has 1 heterocycles. The van der Waals surface area contributed by atoms with Crippen LogP contribution in [-0.4, -0.2) is 43.7 Å². The first-order chi connectivity index (χ1) is 13.4. The summed E-state index contributed by atoms with van der Waals surface area (Å²) in [7, 11) is 0. The summed E-state index contributed by atoms with van der Waals surface area (Å²) in [5.74, 6) is 0.780. The molecular formula is C20H22F3N3O2. The van der Waals surface area contributed by atoms with Crippen LogP contribution in [0.25, 0.3) is 0 Å². The van der Waals surface area contributed by atoms with Crippen LogP contribution in [0.3, 0.4) is 0 Å². The number of anilines is 2. The van der Waals surface area contributed by atoms with Crippen LogP contribution in [0.4, 0.5) is 29.3 Å². The molecule has 0 spiro atoms. The van der Waals surface area contributed by atoms with Crippen LogP contribution in [0.2, 0.25) is 0 Å². The van der Waals surface area contributed by atoms with Gasteiger partial charge in [0.2, 0.25) is 0 Å². The molecule has 2 amide bonds. The number of halogens is 3. The third-order valence-corrected chi connectivity index (χ3v) is 4.55. The standard InChI is InChI=1S/C20H22F3N3O2/c1-2-28-18-10-6-5-9-17(18)25-11-13-26(14-12-25)19(27)24-16-8-4-3-7-15(16)20(21,22)23/h3-10H,2,11-14H2,1H3,(H,24,27). The van der Waals surface area contributed by atoms with E-state index in [0.717, 1.165) is 17.5 Å². The van der Waals surface area contributed by atoms with Crippen molar-refractivity contribution in [1.82, 2.24) is 4.90 Å². The Bertz CT molecular complexity index is 818. The van der Waals surface area contributed by atoms with Crippen LogP contribution in [0.15, 0.2) is 48.5 Å². The van der Waals surface area contributed by atoms with Gasteiger partial charge in [0, 0.05) is 26.2 Å². The minimum absolute atomic E-state index is 0.232. The molecule has 0 saturated carbocycles. The van der Waals surface area contributed by atoms with Crippen molar-refractivity contribution in [3.8, 4) is 5.75 Å². The smallest absolute Gasteiger partial charge is 0.418 e. The molecular weight excluding hydrogens is 371 g/mol. The maximum atomic E-state index is 13.1. The van der Waals surface area contributed by atoms with Crippen LogP contribution in [0, 0.1) is 0 Å². The fourth-order valence-corrected chi connectivity index (χ4v) is 3.18. The Morgan fingerprint density at radius 1 is 1.04 bits per heavy atom. The summed E-state index contributed by atoms with van der Waals surface area (Å²) in [5.41, 5.74) is -0.136. The number of benzene rings is 2. The summed E-state index contributed by atoms with van der Waals surface area (Å²) in [6.45, 7) is 4.41. The van der Waals surface area contributed by atoms with E-state index >= 15 is 0 Å². The van der Waals surface area contributed by atoms with Crippen molar-refractivity contribution in [3.05, 3.63) is 54.1 Å². The molecule has 2 aromatic carbocycles. The molecule has 0 aliphatic carbocycles. The molecule has 8 heteroatoms. The van der Waals surface area contributed by atoms with Gasteiger partial charge in [0.1, 0.15) is 5.75 Å². The normalized spacial score (nSPS) is 14.7. The minimum Gasteiger partial charge on any atom is -0.492 e. The Morgan fingerprint density at radius 3 is 2.36 bits per heavy atom. The van der Waals surface area contributed by atoms with Crippen molar-refractivity contribution in [2.45, 2.75) is 13.1 Å². The van der Waals surface area contributed by atoms with Crippen LogP contribution in [0.5, 0.6) is 5.75 Å². The molecule has 1 saturated heterocycles. The first-order valence-corrected chi connectivity index (χ1v) is 9.09. The van der Waals surface area contributed by atoms with Gasteiger partial charge in [-0.15, -0.1) is 0 Å². The fraction of sp³-hybridized carbons (Fsp3) is 0.350. The summed E-state index contributed by atoms with van der Waals surface area (Å²) in [6.07, 6.45) is -4.52. The number of hydrogen-bond acceptors (Lipinski definition) is 3.